The van der Waals surface area contributed by atoms with Crippen molar-refractivity contribution in [3.8, 4) is 0 Å². The Balaban J connectivity index is 2.13. The van der Waals surface area contributed by atoms with Crippen LogP contribution in [0.5, 0.6) is 0 Å². The smallest absolute Gasteiger partial charge is 0.0377 e. The van der Waals surface area contributed by atoms with Crippen molar-refractivity contribution in [1.82, 2.24) is 0 Å². The molecule has 1 heterocycles. The van der Waals surface area contributed by atoms with Gasteiger partial charge < -0.3 is 10.6 Å². The monoisotopic (exact) mass is 296 g/mol. The van der Waals surface area contributed by atoms with E-state index in [-0.39, 0.29) is 0 Å². The van der Waals surface area contributed by atoms with Crippen LogP contribution in [-0.2, 0) is 6.54 Å². The van der Waals surface area contributed by atoms with Gasteiger partial charge in [0.25, 0.3) is 0 Å². The Bertz CT molecular complexity index is 378. The van der Waals surface area contributed by atoms with E-state index in [1.807, 2.05) is 0 Å². The second kappa shape index (κ2) is 5.87. The molecule has 1 aliphatic rings. The highest BCUT2D eigenvalue weighted by Crippen LogP contribution is 2.27. The predicted octanol–water partition coefficient (Wildman–Crippen LogP) is 3.53. The summed E-state index contributed by atoms with van der Waals surface area (Å²) in [4.78, 5) is 2.49. The van der Waals surface area contributed by atoms with Crippen molar-refractivity contribution in [2.75, 3.05) is 18.0 Å². The third kappa shape index (κ3) is 3.23. The van der Waals surface area contributed by atoms with E-state index in [0.717, 1.165) is 10.4 Å². The summed E-state index contributed by atoms with van der Waals surface area (Å²) < 4.78 is 1.13. The van der Waals surface area contributed by atoms with Crippen LogP contribution in [0.2, 0.25) is 0 Å². The summed E-state index contributed by atoms with van der Waals surface area (Å²) in [6.07, 6.45) is 3.96. The molecule has 1 aromatic rings. The van der Waals surface area contributed by atoms with Crippen LogP contribution >= 0.6 is 15.9 Å². The third-order valence-corrected chi connectivity index (χ3v) is 4.38. The molecule has 0 aromatic heterocycles. The van der Waals surface area contributed by atoms with E-state index in [2.05, 4.69) is 46.0 Å². The fraction of sp³-hybridized carbons (Fsp3) is 0.571. The summed E-state index contributed by atoms with van der Waals surface area (Å²) in [5.41, 5.74) is 8.18. The van der Waals surface area contributed by atoms with Crippen LogP contribution in [0.15, 0.2) is 22.7 Å². The summed E-state index contributed by atoms with van der Waals surface area (Å²) in [6, 6.07) is 6.54. The van der Waals surface area contributed by atoms with Gasteiger partial charge in [-0.3, -0.25) is 0 Å². The number of hydrogen-bond acceptors (Lipinski definition) is 2. The Morgan fingerprint density at radius 1 is 1.35 bits per heavy atom. The quantitative estimate of drug-likeness (QED) is 0.904. The molecule has 0 bridgehead atoms. The lowest BCUT2D eigenvalue weighted by molar-refractivity contribution is 0.521. The van der Waals surface area contributed by atoms with Crippen molar-refractivity contribution in [2.24, 2.45) is 11.7 Å². The highest BCUT2D eigenvalue weighted by molar-refractivity contribution is 9.10. The summed E-state index contributed by atoms with van der Waals surface area (Å²) >= 11 is 3.60. The number of rotatable bonds is 2. The molecule has 1 saturated heterocycles. The van der Waals surface area contributed by atoms with Crippen molar-refractivity contribution >= 4 is 21.6 Å². The SMILES string of the molecule is CC1CCCN(c2ccc(CN)c(Br)c2)CC1. The molecule has 1 atom stereocenters. The fourth-order valence-corrected chi connectivity index (χ4v) is 2.95. The predicted molar refractivity (Wildman–Crippen MR) is 77.3 cm³/mol. The molecule has 2 N–H and O–H groups in total. The van der Waals surface area contributed by atoms with Crippen molar-refractivity contribution < 1.29 is 0 Å². The molecule has 0 radical (unpaired) electrons. The zero-order valence-electron chi connectivity index (χ0n) is 10.5. The lowest BCUT2D eigenvalue weighted by atomic mass is 10.0. The zero-order valence-corrected chi connectivity index (χ0v) is 12.0. The largest absolute Gasteiger partial charge is 0.371 e. The van der Waals surface area contributed by atoms with E-state index in [1.165, 1.54) is 43.6 Å². The second-order valence-corrected chi connectivity index (χ2v) is 5.86. The van der Waals surface area contributed by atoms with Gasteiger partial charge in [-0.2, -0.15) is 0 Å². The minimum atomic E-state index is 0.595. The van der Waals surface area contributed by atoms with Gasteiger partial charge in [-0.05, 0) is 42.9 Å². The molecule has 1 aromatic carbocycles. The lowest BCUT2D eigenvalue weighted by Gasteiger charge is -2.23. The van der Waals surface area contributed by atoms with Crippen LogP contribution in [0.3, 0.4) is 0 Å². The summed E-state index contributed by atoms with van der Waals surface area (Å²) in [7, 11) is 0. The van der Waals surface area contributed by atoms with Crippen molar-refractivity contribution in [3.05, 3.63) is 28.2 Å². The highest BCUT2D eigenvalue weighted by atomic mass is 79.9. The molecule has 1 unspecified atom stereocenters. The van der Waals surface area contributed by atoms with Gasteiger partial charge in [0.05, 0.1) is 0 Å². The normalized spacial score (nSPS) is 21.4. The summed E-state index contributed by atoms with van der Waals surface area (Å²) in [5, 5.41) is 0. The maximum Gasteiger partial charge on any atom is 0.0377 e. The molecule has 2 nitrogen and oxygen atoms in total. The summed E-state index contributed by atoms with van der Waals surface area (Å²) in [6.45, 7) is 5.31. The van der Waals surface area contributed by atoms with Crippen LogP contribution in [0.1, 0.15) is 31.7 Å². The van der Waals surface area contributed by atoms with Gasteiger partial charge in [0.2, 0.25) is 0 Å². The van der Waals surface area contributed by atoms with Crippen LogP contribution < -0.4 is 10.6 Å². The number of nitrogens with two attached hydrogens (primary N) is 1. The molecule has 2 rings (SSSR count). The fourth-order valence-electron chi connectivity index (χ4n) is 2.42. The molecule has 3 heteroatoms. The average molecular weight is 297 g/mol. The standard InChI is InChI=1S/C14H21BrN2/c1-11-3-2-7-17(8-6-11)13-5-4-12(10-16)14(15)9-13/h4-5,9,11H,2-3,6-8,10,16H2,1H3. The van der Waals surface area contributed by atoms with Gasteiger partial charge in [-0.1, -0.05) is 28.9 Å². The first-order valence-corrected chi connectivity index (χ1v) is 7.23. The lowest BCUT2D eigenvalue weighted by Crippen LogP contribution is -2.24. The molecular formula is C14H21BrN2. The highest BCUT2D eigenvalue weighted by Gasteiger charge is 2.14. The number of halogens is 1. The molecule has 1 aliphatic heterocycles. The molecular weight excluding hydrogens is 276 g/mol. The maximum absolute atomic E-state index is 5.68. The van der Waals surface area contributed by atoms with Crippen LogP contribution in [0.25, 0.3) is 0 Å². The molecule has 94 valence electrons. The van der Waals surface area contributed by atoms with E-state index in [4.69, 9.17) is 5.73 Å². The first-order chi connectivity index (χ1) is 8.20. The van der Waals surface area contributed by atoms with E-state index in [0.29, 0.717) is 6.54 Å². The second-order valence-electron chi connectivity index (χ2n) is 5.00. The molecule has 17 heavy (non-hydrogen) atoms. The summed E-state index contributed by atoms with van der Waals surface area (Å²) in [5.74, 6) is 0.867. The number of anilines is 1. The molecule has 0 aliphatic carbocycles. The Labute approximate surface area is 112 Å². The topological polar surface area (TPSA) is 29.3 Å². The molecule has 1 fully saturated rings. The van der Waals surface area contributed by atoms with E-state index in [9.17, 15) is 0 Å². The Kier molecular flexibility index (Phi) is 4.46. The van der Waals surface area contributed by atoms with Crippen molar-refractivity contribution in [1.29, 1.82) is 0 Å². The number of benzene rings is 1. The van der Waals surface area contributed by atoms with E-state index < -0.39 is 0 Å². The first-order valence-electron chi connectivity index (χ1n) is 6.44. The zero-order chi connectivity index (χ0) is 12.3. The van der Waals surface area contributed by atoms with Gasteiger partial charge >= 0.3 is 0 Å². The average Bonchev–Trinajstić information content (AvgIpc) is 2.54. The molecule has 0 amide bonds. The van der Waals surface area contributed by atoms with E-state index >= 15 is 0 Å². The number of hydrogen-bond donors (Lipinski definition) is 1. The number of nitrogens with zero attached hydrogens (tertiary/aromatic N) is 1. The van der Waals surface area contributed by atoms with Crippen molar-refractivity contribution in [2.45, 2.75) is 32.7 Å². The van der Waals surface area contributed by atoms with Crippen LogP contribution in [-0.4, -0.2) is 13.1 Å². The van der Waals surface area contributed by atoms with Gasteiger partial charge in [0.15, 0.2) is 0 Å². The van der Waals surface area contributed by atoms with Gasteiger partial charge in [-0.25, -0.2) is 0 Å². The maximum atomic E-state index is 5.68. The minimum absolute atomic E-state index is 0.595. The molecule has 0 saturated carbocycles. The van der Waals surface area contributed by atoms with E-state index in [1.54, 1.807) is 0 Å². The Morgan fingerprint density at radius 2 is 2.18 bits per heavy atom. The third-order valence-electron chi connectivity index (χ3n) is 3.64. The minimum Gasteiger partial charge on any atom is -0.371 e. The first kappa shape index (κ1) is 12.9. The van der Waals surface area contributed by atoms with Gasteiger partial charge in [0.1, 0.15) is 0 Å². The van der Waals surface area contributed by atoms with Crippen LogP contribution in [0, 0.1) is 5.92 Å². The van der Waals surface area contributed by atoms with Gasteiger partial charge in [0, 0.05) is 29.8 Å². The Hall–Kier alpha value is -0.540. The van der Waals surface area contributed by atoms with Crippen molar-refractivity contribution in [3.63, 3.8) is 0 Å². The molecule has 0 spiro atoms. The Morgan fingerprint density at radius 3 is 2.88 bits per heavy atom. The van der Waals surface area contributed by atoms with Gasteiger partial charge in [-0.15, -0.1) is 0 Å². The van der Waals surface area contributed by atoms with Crippen LogP contribution in [0.4, 0.5) is 5.69 Å².